The van der Waals surface area contributed by atoms with Crippen molar-refractivity contribution in [3.05, 3.63) is 93.0 Å². The van der Waals surface area contributed by atoms with Crippen LogP contribution in [0.3, 0.4) is 0 Å². The van der Waals surface area contributed by atoms with E-state index in [1.807, 2.05) is 49.4 Å². The summed E-state index contributed by atoms with van der Waals surface area (Å²) in [6, 6.07) is 15.2. The highest BCUT2D eigenvalue weighted by atomic mass is 35.5. The first-order valence-corrected chi connectivity index (χ1v) is 13.9. The zero-order valence-electron chi connectivity index (χ0n) is 20.1. The molecule has 36 heavy (non-hydrogen) atoms. The summed E-state index contributed by atoms with van der Waals surface area (Å²) < 4.78 is 28.0. The number of imidazole rings is 1. The standard InChI is InChI=1S/C27H27Cl2N3O3S/c1-3-4-8-17-36(34,35)31-26(33)16-15-25-27(29)30-20(2)32(25)19-23-14-13-22(18-24(23)28)12-11-21-9-6-5-7-10-21/h5-7,9-10,13-16,18H,3-4,8,17,19H2,1-2H3,(H,31,33). The molecule has 3 rings (SSSR count). The van der Waals surface area contributed by atoms with Gasteiger partial charge >= 0.3 is 0 Å². The van der Waals surface area contributed by atoms with E-state index in [-0.39, 0.29) is 10.9 Å². The average molecular weight is 545 g/mol. The highest BCUT2D eigenvalue weighted by Gasteiger charge is 2.15. The molecule has 0 fully saturated rings. The molecule has 2 aromatic carbocycles. The lowest BCUT2D eigenvalue weighted by Crippen LogP contribution is -2.31. The molecular formula is C27H27Cl2N3O3S. The number of sulfonamides is 1. The number of aromatic nitrogens is 2. The van der Waals surface area contributed by atoms with E-state index in [1.54, 1.807) is 17.6 Å². The number of nitrogens with zero attached hydrogens (tertiary/aromatic N) is 2. The number of unbranched alkanes of at least 4 members (excludes halogenated alkanes) is 2. The van der Waals surface area contributed by atoms with Crippen LogP contribution in [0.25, 0.3) is 6.08 Å². The Bertz CT molecular complexity index is 1420. The van der Waals surface area contributed by atoms with Crippen LogP contribution in [-0.4, -0.2) is 29.6 Å². The van der Waals surface area contributed by atoms with Crippen molar-refractivity contribution in [2.75, 3.05) is 5.75 Å². The first-order valence-electron chi connectivity index (χ1n) is 11.5. The topological polar surface area (TPSA) is 81.1 Å². The van der Waals surface area contributed by atoms with Gasteiger partial charge in [0.15, 0.2) is 5.15 Å². The van der Waals surface area contributed by atoms with E-state index in [0.717, 1.165) is 35.6 Å². The number of rotatable bonds is 9. The molecule has 6 nitrogen and oxygen atoms in total. The number of carbonyl (C=O) groups is 1. The number of aryl methyl sites for hydroxylation is 1. The minimum atomic E-state index is -3.69. The van der Waals surface area contributed by atoms with Crippen molar-refractivity contribution in [2.45, 2.75) is 39.7 Å². The fourth-order valence-corrected chi connectivity index (χ4v) is 5.02. The Morgan fingerprint density at radius 2 is 1.81 bits per heavy atom. The van der Waals surface area contributed by atoms with Crippen LogP contribution in [0.2, 0.25) is 10.2 Å². The van der Waals surface area contributed by atoms with E-state index in [1.165, 1.54) is 6.08 Å². The maximum Gasteiger partial charge on any atom is 0.257 e. The molecule has 1 heterocycles. The van der Waals surface area contributed by atoms with Crippen LogP contribution in [0.4, 0.5) is 0 Å². The van der Waals surface area contributed by atoms with E-state index in [2.05, 4.69) is 21.5 Å². The van der Waals surface area contributed by atoms with Crippen LogP contribution in [0.1, 0.15) is 54.4 Å². The first-order chi connectivity index (χ1) is 17.2. The number of hydrogen-bond acceptors (Lipinski definition) is 4. The average Bonchev–Trinajstić information content (AvgIpc) is 3.10. The first kappa shape index (κ1) is 27.5. The van der Waals surface area contributed by atoms with Crippen molar-refractivity contribution >= 4 is 45.2 Å². The maximum absolute atomic E-state index is 12.2. The zero-order chi connectivity index (χ0) is 26.1. The van der Waals surface area contributed by atoms with Crippen LogP contribution < -0.4 is 4.72 Å². The summed E-state index contributed by atoms with van der Waals surface area (Å²) in [4.78, 5) is 16.5. The molecule has 0 bridgehead atoms. The third kappa shape index (κ3) is 7.99. The molecule has 1 aromatic heterocycles. The lowest BCUT2D eigenvalue weighted by atomic mass is 10.1. The summed E-state index contributed by atoms with van der Waals surface area (Å²) in [5.74, 6) is 6.00. The predicted molar refractivity (Wildman–Crippen MR) is 145 cm³/mol. The van der Waals surface area contributed by atoms with E-state index in [9.17, 15) is 13.2 Å². The van der Waals surface area contributed by atoms with Crippen LogP contribution in [-0.2, 0) is 21.4 Å². The number of hydrogen-bond donors (Lipinski definition) is 1. The summed E-state index contributed by atoms with van der Waals surface area (Å²) in [6.45, 7) is 4.12. The van der Waals surface area contributed by atoms with Crippen molar-refractivity contribution < 1.29 is 13.2 Å². The Hall–Kier alpha value is -3.05. The molecule has 0 unspecified atom stereocenters. The summed E-state index contributed by atoms with van der Waals surface area (Å²) in [6.07, 6.45) is 4.76. The molecule has 188 valence electrons. The minimum Gasteiger partial charge on any atom is -0.323 e. The maximum atomic E-state index is 12.2. The van der Waals surface area contributed by atoms with Crippen molar-refractivity contribution in [3.63, 3.8) is 0 Å². The van der Waals surface area contributed by atoms with Gasteiger partial charge in [-0.25, -0.2) is 18.1 Å². The van der Waals surface area contributed by atoms with Crippen LogP contribution in [0, 0.1) is 18.8 Å². The number of halogens is 2. The molecule has 0 saturated heterocycles. The van der Waals surface area contributed by atoms with E-state index in [0.29, 0.717) is 29.5 Å². The molecule has 0 aliphatic heterocycles. The van der Waals surface area contributed by atoms with Crippen molar-refractivity contribution in [2.24, 2.45) is 0 Å². The lowest BCUT2D eigenvalue weighted by molar-refractivity contribution is -0.114. The van der Waals surface area contributed by atoms with Gasteiger partial charge in [-0.3, -0.25) is 4.79 Å². The van der Waals surface area contributed by atoms with Gasteiger partial charge in [0.05, 0.1) is 18.0 Å². The largest absolute Gasteiger partial charge is 0.323 e. The van der Waals surface area contributed by atoms with Crippen molar-refractivity contribution in [3.8, 4) is 11.8 Å². The zero-order valence-corrected chi connectivity index (χ0v) is 22.4. The van der Waals surface area contributed by atoms with Gasteiger partial charge in [-0.15, -0.1) is 0 Å². The second-order valence-electron chi connectivity index (χ2n) is 8.17. The third-order valence-corrected chi connectivity index (χ3v) is 7.29. The van der Waals surface area contributed by atoms with Gasteiger partial charge in [0.25, 0.3) is 5.91 Å². The highest BCUT2D eigenvalue weighted by Crippen LogP contribution is 2.24. The lowest BCUT2D eigenvalue weighted by Gasteiger charge is -2.10. The molecular weight excluding hydrogens is 517 g/mol. The molecule has 0 atom stereocenters. The normalized spacial score (nSPS) is 11.3. The van der Waals surface area contributed by atoms with Gasteiger partial charge in [0.1, 0.15) is 5.82 Å². The van der Waals surface area contributed by atoms with Crippen LogP contribution in [0.5, 0.6) is 0 Å². The van der Waals surface area contributed by atoms with E-state index in [4.69, 9.17) is 23.2 Å². The Labute approximate surface area is 222 Å². The fourth-order valence-electron chi connectivity index (χ4n) is 3.43. The second kappa shape index (κ2) is 12.8. The SMILES string of the molecule is CCCCCS(=O)(=O)NC(=O)C=Cc1c(Cl)nc(C)n1Cc1ccc(C#Cc2ccccc2)cc1Cl. The Balaban J connectivity index is 1.75. The molecule has 0 aliphatic rings. The minimum absolute atomic E-state index is 0.0948. The Kier molecular flexibility index (Phi) is 9.77. The second-order valence-corrected chi connectivity index (χ2v) is 10.8. The van der Waals surface area contributed by atoms with Gasteiger partial charge in [-0.05, 0) is 49.2 Å². The summed E-state index contributed by atoms with van der Waals surface area (Å²) in [7, 11) is -3.69. The molecule has 0 saturated carbocycles. The van der Waals surface area contributed by atoms with Gasteiger partial charge in [0.2, 0.25) is 10.0 Å². The molecule has 0 aliphatic carbocycles. The number of benzene rings is 2. The van der Waals surface area contributed by atoms with Crippen molar-refractivity contribution in [1.29, 1.82) is 0 Å². The van der Waals surface area contributed by atoms with Crippen LogP contribution in [0.15, 0.2) is 54.6 Å². The molecule has 3 aromatic rings. The third-order valence-electron chi connectivity index (χ3n) is 5.32. The van der Waals surface area contributed by atoms with E-state index >= 15 is 0 Å². The van der Waals surface area contributed by atoms with Gasteiger partial charge in [-0.1, -0.05) is 79.1 Å². The summed E-state index contributed by atoms with van der Waals surface area (Å²) >= 11 is 12.8. The van der Waals surface area contributed by atoms with E-state index < -0.39 is 15.9 Å². The summed E-state index contributed by atoms with van der Waals surface area (Å²) in [5, 5.41) is 0.730. The Morgan fingerprint density at radius 1 is 1.08 bits per heavy atom. The monoisotopic (exact) mass is 543 g/mol. The van der Waals surface area contributed by atoms with Crippen molar-refractivity contribution in [1.82, 2.24) is 14.3 Å². The number of amides is 1. The Morgan fingerprint density at radius 3 is 2.50 bits per heavy atom. The molecule has 0 radical (unpaired) electrons. The predicted octanol–water partition coefficient (Wildman–Crippen LogP) is 5.60. The smallest absolute Gasteiger partial charge is 0.257 e. The highest BCUT2D eigenvalue weighted by molar-refractivity contribution is 7.90. The van der Waals surface area contributed by atoms with Gasteiger partial charge in [-0.2, -0.15) is 0 Å². The molecule has 1 amide bonds. The fraction of sp³-hybridized carbons (Fsp3) is 0.259. The quantitative estimate of drug-likeness (QED) is 0.216. The van der Waals surface area contributed by atoms with Gasteiger partial charge < -0.3 is 4.57 Å². The molecule has 9 heteroatoms. The molecule has 1 N–H and O–H groups in total. The van der Waals surface area contributed by atoms with Gasteiger partial charge in [0, 0.05) is 22.2 Å². The molecule has 0 spiro atoms. The number of nitrogens with one attached hydrogen (secondary N) is 1. The van der Waals surface area contributed by atoms with Crippen LogP contribution >= 0.6 is 23.2 Å². The number of carbonyl (C=O) groups excluding carboxylic acids is 1. The summed E-state index contributed by atoms with van der Waals surface area (Å²) in [5.41, 5.74) is 2.98.